The Hall–Kier alpha value is -2.00. The molecule has 0 aliphatic rings. The van der Waals surface area contributed by atoms with E-state index in [1.54, 1.807) is 18.6 Å². The van der Waals surface area contributed by atoms with Gasteiger partial charge >= 0.3 is 0 Å². The molecule has 0 saturated heterocycles. The van der Waals surface area contributed by atoms with Crippen molar-refractivity contribution in [2.45, 2.75) is 0 Å². The van der Waals surface area contributed by atoms with Crippen molar-refractivity contribution in [3.8, 4) is 11.1 Å². The van der Waals surface area contributed by atoms with Gasteiger partial charge in [0.2, 0.25) is 0 Å². The Balaban J connectivity index is 2.18. The lowest BCUT2D eigenvalue weighted by Gasteiger charge is -2.03. The molecule has 3 aromatic rings. The molecule has 0 radical (unpaired) electrons. The molecule has 0 fully saturated rings. The first kappa shape index (κ1) is 10.2. The average molecular weight is 242 g/mol. The highest BCUT2D eigenvalue weighted by Gasteiger charge is 2.01. The molecule has 0 aliphatic heterocycles. The smallest absolute Gasteiger partial charge is 0.129 e. The molecular weight excluding hydrogens is 234 g/mol. The van der Waals surface area contributed by atoms with Crippen LogP contribution in [0.3, 0.4) is 0 Å². The van der Waals surface area contributed by atoms with Gasteiger partial charge in [0.15, 0.2) is 0 Å². The zero-order chi connectivity index (χ0) is 11.7. The van der Waals surface area contributed by atoms with Crippen LogP contribution < -0.4 is 0 Å². The molecule has 1 aromatic carbocycles. The van der Waals surface area contributed by atoms with Gasteiger partial charge in [-0.2, -0.15) is 0 Å². The highest BCUT2D eigenvalue weighted by atomic mass is 35.5. The molecule has 0 saturated carbocycles. The number of fused-ring (bicyclic) bond motifs is 1. The summed E-state index contributed by atoms with van der Waals surface area (Å²) in [5.74, 6) is 0. The minimum Gasteiger partial charge on any atom is -0.253 e. The normalized spacial score (nSPS) is 10.6. The van der Waals surface area contributed by atoms with Gasteiger partial charge in [-0.3, -0.25) is 9.97 Å². The monoisotopic (exact) mass is 241 g/mol. The first-order chi connectivity index (χ1) is 8.33. The molecule has 4 heteroatoms. The van der Waals surface area contributed by atoms with E-state index in [1.165, 1.54) is 0 Å². The maximum Gasteiger partial charge on any atom is 0.129 e. The summed E-state index contributed by atoms with van der Waals surface area (Å²) in [7, 11) is 0. The van der Waals surface area contributed by atoms with Gasteiger partial charge in [-0.25, -0.2) is 4.98 Å². The lowest BCUT2D eigenvalue weighted by molar-refractivity contribution is 1.29. The van der Waals surface area contributed by atoms with Crippen molar-refractivity contribution in [1.82, 2.24) is 15.0 Å². The van der Waals surface area contributed by atoms with Crippen LogP contribution in [-0.4, -0.2) is 15.0 Å². The minimum atomic E-state index is 0.488. The summed E-state index contributed by atoms with van der Waals surface area (Å²) in [6, 6.07) is 9.70. The third-order valence-corrected chi connectivity index (χ3v) is 2.74. The lowest BCUT2D eigenvalue weighted by Crippen LogP contribution is -1.84. The van der Waals surface area contributed by atoms with Gasteiger partial charge < -0.3 is 0 Å². The van der Waals surface area contributed by atoms with E-state index in [0.29, 0.717) is 5.15 Å². The second-order valence-electron chi connectivity index (χ2n) is 3.63. The fraction of sp³-hybridized carbons (Fsp3) is 0. The van der Waals surface area contributed by atoms with Crippen molar-refractivity contribution in [2.24, 2.45) is 0 Å². The Morgan fingerprint density at radius 2 is 1.47 bits per heavy atom. The van der Waals surface area contributed by atoms with E-state index in [2.05, 4.69) is 15.0 Å². The highest BCUT2D eigenvalue weighted by Crippen LogP contribution is 2.23. The third-order valence-electron chi connectivity index (χ3n) is 2.53. The van der Waals surface area contributed by atoms with E-state index in [0.717, 1.165) is 22.2 Å². The summed E-state index contributed by atoms with van der Waals surface area (Å²) < 4.78 is 0. The maximum atomic E-state index is 5.87. The van der Waals surface area contributed by atoms with Gasteiger partial charge in [-0.05, 0) is 35.4 Å². The number of rotatable bonds is 1. The van der Waals surface area contributed by atoms with Crippen LogP contribution in [-0.2, 0) is 0 Å². The number of hydrogen-bond acceptors (Lipinski definition) is 3. The Bertz CT molecular complexity index is 682. The molecular formula is C13H8ClN3. The summed E-state index contributed by atoms with van der Waals surface area (Å²) in [5.41, 5.74) is 3.84. The van der Waals surface area contributed by atoms with Gasteiger partial charge in [0.05, 0.1) is 11.0 Å². The molecule has 2 aromatic heterocycles. The predicted octanol–water partition coefficient (Wildman–Crippen LogP) is 3.35. The number of hydrogen-bond donors (Lipinski definition) is 0. The summed E-state index contributed by atoms with van der Waals surface area (Å²) in [6.45, 7) is 0. The number of aromatic nitrogens is 3. The molecule has 3 rings (SSSR count). The van der Waals surface area contributed by atoms with Crippen molar-refractivity contribution in [3.63, 3.8) is 0 Å². The molecule has 0 aliphatic carbocycles. The summed E-state index contributed by atoms with van der Waals surface area (Å²) in [4.78, 5) is 12.5. The van der Waals surface area contributed by atoms with Crippen LogP contribution in [0, 0.1) is 0 Å². The van der Waals surface area contributed by atoms with Gasteiger partial charge in [-0.1, -0.05) is 17.7 Å². The van der Waals surface area contributed by atoms with Crippen LogP contribution in [0.2, 0.25) is 5.15 Å². The summed E-state index contributed by atoms with van der Waals surface area (Å²) in [5, 5.41) is 0.488. The molecule has 82 valence electrons. The SMILES string of the molecule is Clc1cc(-c2ccc3nccnc3c2)ccn1. The highest BCUT2D eigenvalue weighted by molar-refractivity contribution is 6.29. The Morgan fingerprint density at radius 1 is 0.706 bits per heavy atom. The molecule has 0 amide bonds. The standard InChI is InChI=1S/C13H8ClN3/c14-13-8-10(3-4-17-13)9-1-2-11-12(7-9)16-6-5-15-11/h1-8H. The van der Waals surface area contributed by atoms with E-state index in [1.807, 2.05) is 30.3 Å². The van der Waals surface area contributed by atoms with E-state index >= 15 is 0 Å². The topological polar surface area (TPSA) is 38.7 Å². The van der Waals surface area contributed by atoms with Crippen LogP contribution in [0.5, 0.6) is 0 Å². The molecule has 0 N–H and O–H groups in total. The molecule has 0 bridgehead atoms. The fourth-order valence-corrected chi connectivity index (χ4v) is 1.90. The average Bonchev–Trinajstić information content (AvgIpc) is 2.38. The van der Waals surface area contributed by atoms with E-state index in [-0.39, 0.29) is 0 Å². The van der Waals surface area contributed by atoms with Crippen molar-refractivity contribution in [3.05, 3.63) is 54.1 Å². The lowest BCUT2D eigenvalue weighted by atomic mass is 10.1. The number of pyridine rings is 1. The zero-order valence-corrected chi connectivity index (χ0v) is 9.59. The summed E-state index contributed by atoms with van der Waals surface area (Å²) >= 11 is 5.87. The molecule has 0 spiro atoms. The van der Waals surface area contributed by atoms with E-state index < -0.39 is 0 Å². The van der Waals surface area contributed by atoms with Gasteiger partial charge in [-0.15, -0.1) is 0 Å². The van der Waals surface area contributed by atoms with Crippen LogP contribution in [0.15, 0.2) is 48.9 Å². The summed E-state index contributed by atoms with van der Waals surface area (Å²) in [6.07, 6.45) is 5.06. The van der Waals surface area contributed by atoms with Crippen molar-refractivity contribution in [1.29, 1.82) is 0 Å². The van der Waals surface area contributed by atoms with Crippen molar-refractivity contribution < 1.29 is 0 Å². The molecule has 2 heterocycles. The van der Waals surface area contributed by atoms with E-state index in [9.17, 15) is 0 Å². The first-order valence-corrected chi connectivity index (χ1v) is 5.53. The first-order valence-electron chi connectivity index (χ1n) is 5.16. The molecule has 3 nitrogen and oxygen atoms in total. The zero-order valence-electron chi connectivity index (χ0n) is 8.84. The molecule has 0 unspecified atom stereocenters. The Morgan fingerprint density at radius 3 is 2.29 bits per heavy atom. The van der Waals surface area contributed by atoms with Crippen LogP contribution in [0.25, 0.3) is 22.2 Å². The van der Waals surface area contributed by atoms with Gasteiger partial charge in [0.25, 0.3) is 0 Å². The number of nitrogens with zero attached hydrogens (tertiary/aromatic N) is 3. The van der Waals surface area contributed by atoms with Crippen molar-refractivity contribution >= 4 is 22.6 Å². The minimum absolute atomic E-state index is 0.488. The predicted molar refractivity (Wildman–Crippen MR) is 67.8 cm³/mol. The maximum absolute atomic E-state index is 5.87. The van der Waals surface area contributed by atoms with Crippen molar-refractivity contribution in [2.75, 3.05) is 0 Å². The second-order valence-corrected chi connectivity index (χ2v) is 4.01. The van der Waals surface area contributed by atoms with Gasteiger partial charge in [0.1, 0.15) is 5.15 Å². The molecule has 17 heavy (non-hydrogen) atoms. The van der Waals surface area contributed by atoms with Crippen LogP contribution in [0.1, 0.15) is 0 Å². The second kappa shape index (κ2) is 4.11. The number of halogens is 1. The quantitative estimate of drug-likeness (QED) is 0.614. The van der Waals surface area contributed by atoms with Crippen LogP contribution in [0.4, 0.5) is 0 Å². The fourth-order valence-electron chi connectivity index (χ4n) is 1.72. The largest absolute Gasteiger partial charge is 0.253 e. The van der Waals surface area contributed by atoms with Crippen LogP contribution >= 0.6 is 11.6 Å². The third kappa shape index (κ3) is 1.97. The number of benzene rings is 1. The van der Waals surface area contributed by atoms with E-state index in [4.69, 9.17) is 11.6 Å². The Labute approximate surface area is 103 Å². The van der Waals surface area contributed by atoms with Gasteiger partial charge in [0, 0.05) is 18.6 Å². The molecule has 0 atom stereocenters. The Kier molecular flexibility index (Phi) is 2.46.